The quantitative estimate of drug-likeness (QED) is 0.703. The molecule has 4 heteroatoms. The van der Waals surface area contributed by atoms with Gasteiger partial charge in [0.2, 0.25) is 0 Å². The second kappa shape index (κ2) is 5.43. The molecule has 3 rings (SSSR count). The standard InChI is InChI=1S/C17H12ClN3/c1-11-6-7-15-16(8-11)21-17(20-15)13(10-19)9-12-4-2-3-5-14(12)18/h2-9H,1H3,(H,20,21)/b13-9-. The second-order valence-corrected chi connectivity index (χ2v) is 5.20. The third kappa shape index (κ3) is 2.67. The maximum atomic E-state index is 9.39. The SMILES string of the molecule is Cc1ccc2nc(/C(C#N)=C\c3ccccc3Cl)[nH]c2c1. The van der Waals surface area contributed by atoms with Gasteiger partial charge >= 0.3 is 0 Å². The Labute approximate surface area is 127 Å². The minimum atomic E-state index is 0.456. The topological polar surface area (TPSA) is 52.5 Å². The predicted molar refractivity (Wildman–Crippen MR) is 85.8 cm³/mol. The molecule has 2 aromatic carbocycles. The molecular formula is C17H12ClN3. The first-order valence-electron chi connectivity index (χ1n) is 6.50. The van der Waals surface area contributed by atoms with Crippen molar-refractivity contribution in [2.75, 3.05) is 0 Å². The molecule has 0 atom stereocenters. The summed E-state index contributed by atoms with van der Waals surface area (Å²) >= 11 is 6.13. The summed E-state index contributed by atoms with van der Waals surface area (Å²) < 4.78 is 0. The molecular weight excluding hydrogens is 282 g/mol. The zero-order valence-electron chi connectivity index (χ0n) is 11.4. The number of imidazole rings is 1. The Balaban J connectivity index is 2.10. The Morgan fingerprint density at radius 2 is 2.10 bits per heavy atom. The Bertz CT molecular complexity index is 884. The van der Waals surface area contributed by atoms with Crippen LogP contribution in [0.25, 0.3) is 22.7 Å². The molecule has 0 aliphatic heterocycles. The Morgan fingerprint density at radius 1 is 1.29 bits per heavy atom. The summed E-state index contributed by atoms with van der Waals surface area (Å²) in [6, 6.07) is 15.5. The number of benzene rings is 2. The highest BCUT2D eigenvalue weighted by atomic mass is 35.5. The summed E-state index contributed by atoms with van der Waals surface area (Å²) in [6.45, 7) is 2.02. The molecule has 0 saturated heterocycles. The van der Waals surface area contributed by atoms with E-state index in [0.29, 0.717) is 16.4 Å². The molecule has 0 radical (unpaired) electrons. The Morgan fingerprint density at radius 3 is 2.86 bits per heavy atom. The zero-order chi connectivity index (χ0) is 14.8. The van der Waals surface area contributed by atoms with Crippen molar-refractivity contribution in [3.05, 3.63) is 64.4 Å². The fourth-order valence-electron chi connectivity index (χ4n) is 2.15. The van der Waals surface area contributed by atoms with Gasteiger partial charge in [-0.15, -0.1) is 0 Å². The van der Waals surface area contributed by atoms with Crippen LogP contribution < -0.4 is 0 Å². The number of nitrogens with zero attached hydrogens (tertiary/aromatic N) is 2. The molecule has 3 nitrogen and oxygen atoms in total. The summed E-state index contributed by atoms with van der Waals surface area (Å²) in [5.41, 5.74) is 4.16. The van der Waals surface area contributed by atoms with Crippen molar-refractivity contribution in [1.82, 2.24) is 9.97 Å². The van der Waals surface area contributed by atoms with E-state index in [1.165, 1.54) is 0 Å². The summed E-state index contributed by atoms with van der Waals surface area (Å²) in [6.07, 6.45) is 1.74. The second-order valence-electron chi connectivity index (χ2n) is 4.80. The zero-order valence-corrected chi connectivity index (χ0v) is 12.1. The summed E-state index contributed by atoms with van der Waals surface area (Å²) in [7, 11) is 0. The number of nitrogens with one attached hydrogen (secondary N) is 1. The highest BCUT2D eigenvalue weighted by Gasteiger charge is 2.08. The van der Waals surface area contributed by atoms with Gasteiger partial charge in [-0.25, -0.2) is 4.98 Å². The van der Waals surface area contributed by atoms with E-state index in [4.69, 9.17) is 11.6 Å². The largest absolute Gasteiger partial charge is 0.337 e. The van der Waals surface area contributed by atoms with Crippen LogP contribution in [0.15, 0.2) is 42.5 Å². The Hall–Kier alpha value is -2.57. The van der Waals surface area contributed by atoms with Gasteiger partial charge in [-0.3, -0.25) is 0 Å². The van der Waals surface area contributed by atoms with Crippen molar-refractivity contribution in [3.63, 3.8) is 0 Å². The van der Waals surface area contributed by atoms with E-state index in [2.05, 4.69) is 16.0 Å². The van der Waals surface area contributed by atoms with E-state index >= 15 is 0 Å². The fourth-order valence-corrected chi connectivity index (χ4v) is 2.34. The van der Waals surface area contributed by atoms with Crippen LogP contribution in [0.2, 0.25) is 5.02 Å². The van der Waals surface area contributed by atoms with Crippen LogP contribution in [0.1, 0.15) is 17.0 Å². The number of nitriles is 1. The van der Waals surface area contributed by atoms with Gasteiger partial charge in [0, 0.05) is 5.02 Å². The van der Waals surface area contributed by atoms with Crippen LogP contribution in [0, 0.1) is 18.3 Å². The lowest BCUT2D eigenvalue weighted by Crippen LogP contribution is -1.85. The van der Waals surface area contributed by atoms with E-state index in [9.17, 15) is 5.26 Å². The van der Waals surface area contributed by atoms with E-state index in [1.54, 1.807) is 12.1 Å². The highest BCUT2D eigenvalue weighted by Crippen LogP contribution is 2.23. The molecule has 21 heavy (non-hydrogen) atoms. The number of hydrogen-bond donors (Lipinski definition) is 1. The summed E-state index contributed by atoms with van der Waals surface area (Å²) in [4.78, 5) is 7.64. The van der Waals surface area contributed by atoms with Gasteiger partial charge in [0.25, 0.3) is 0 Å². The number of rotatable bonds is 2. The first kappa shape index (κ1) is 13.4. The third-order valence-corrected chi connectivity index (χ3v) is 3.56. The van der Waals surface area contributed by atoms with Gasteiger partial charge in [-0.05, 0) is 42.3 Å². The minimum Gasteiger partial charge on any atom is -0.337 e. The smallest absolute Gasteiger partial charge is 0.149 e. The number of fused-ring (bicyclic) bond motifs is 1. The predicted octanol–water partition coefficient (Wildman–Crippen LogP) is 4.59. The molecule has 0 aliphatic carbocycles. The number of aromatic amines is 1. The van der Waals surface area contributed by atoms with Crippen LogP contribution in [-0.2, 0) is 0 Å². The van der Waals surface area contributed by atoms with E-state index < -0.39 is 0 Å². The van der Waals surface area contributed by atoms with Gasteiger partial charge in [0.1, 0.15) is 11.9 Å². The van der Waals surface area contributed by atoms with Crippen LogP contribution in [0.4, 0.5) is 0 Å². The van der Waals surface area contributed by atoms with Gasteiger partial charge in [0.05, 0.1) is 16.6 Å². The van der Waals surface area contributed by atoms with Crippen molar-refractivity contribution in [1.29, 1.82) is 5.26 Å². The summed E-state index contributed by atoms with van der Waals surface area (Å²) in [5, 5.41) is 10.00. The van der Waals surface area contributed by atoms with Crippen molar-refractivity contribution >= 4 is 34.3 Å². The molecule has 1 aromatic heterocycles. The van der Waals surface area contributed by atoms with Crippen molar-refractivity contribution in [2.45, 2.75) is 6.92 Å². The molecule has 102 valence electrons. The molecule has 0 aliphatic rings. The van der Waals surface area contributed by atoms with Gasteiger partial charge < -0.3 is 4.98 Å². The first-order valence-corrected chi connectivity index (χ1v) is 6.88. The lowest BCUT2D eigenvalue weighted by atomic mass is 10.1. The number of aromatic nitrogens is 2. The van der Waals surface area contributed by atoms with Crippen LogP contribution >= 0.6 is 11.6 Å². The fraction of sp³-hybridized carbons (Fsp3) is 0.0588. The van der Waals surface area contributed by atoms with Crippen molar-refractivity contribution in [3.8, 4) is 6.07 Å². The average Bonchev–Trinajstić information content (AvgIpc) is 2.89. The van der Waals surface area contributed by atoms with Gasteiger partial charge in [0.15, 0.2) is 0 Å². The van der Waals surface area contributed by atoms with E-state index in [-0.39, 0.29) is 0 Å². The molecule has 0 bridgehead atoms. The molecule has 0 amide bonds. The highest BCUT2D eigenvalue weighted by molar-refractivity contribution is 6.32. The maximum absolute atomic E-state index is 9.39. The van der Waals surface area contributed by atoms with Crippen LogP contribution in [-0.4, -0.2) is 9.97 Å². The first-order chi connectivity index (χ1) is 10.2. The molecule has 0 unspecified atom stereocenters. The number of allylic oxidation sites excluding steroid dienone is 1. The van der Waals surface area contributed by atoms with E-state index in [0.717, 1.165) is 22.2 Å². The Kier molecular flexibility index (Phi) is 3.47. The molecule has 0 spiro atoms. The lowest BCUT2D eigenvalue weighted by Gasteiger charge is -1.98. The normalized spacial score (nSPS) is 11.6. The lowest BCUT2D eigenvalue weighted by molar-refractivity contribution is 1.27. The molecule has 0 fully saturated rings. The van der Waals surface area contributed by atoms with Gasteiger partial charge in [-0.2, -0.15) is 5.26 Å². The van der Waals surface area contributed by atoms with Crippen molar-refractivity contribution in [2.24, 2.45) is 0 Å². The minimum absolute atomic E-state index is 0.456. The van der Waals surface area contributed by atoms with E-state index in [1.807, 2.05) is 43.3 Å². The number of hydrogen-bond acceptors (Lipinski definition) is 2. The molecule has 3 aromatic rings. The van der Waals surface area contributed by atoms with Crippen LogP contribution in [0.3, 0.4) is 0 Å². The van der Waals surface area contributed by atoms with Crippen LogP contribution in [0.5, 0.6) is 0 Å². The third-order valence-electron chi connectivity index (χ3n) is 3.22. The average molecular weight is 294 g/mol. The number of H-pyrrole nitrogens is 1. The molecule has 1 N–H and O–H groups in total. The van der Waals surface area contributed by atoms with Crippen molar-refractivity contribution < 1.29 is 0 Å². The molecule has 1 heterocycles. The number of halogens is 1. The monoisotopic (exact) mass is 293 g/mol. The van der Waals surface area contributed by atoms with Gasteiger partial charge in [-0.1, -0.05) is 35.9 Å². The maximum Gasteiger partial charge on any atom is 0.149 e. The number of aryl methyl sites for hydroxylation is 1. The molecule has 0 saturated carbocycles. The summed E-state index contributed by atoms with van der Waals surface area (Å²) in [5.74, 6) is 0.554.